The Bertz CT molecular complexity index is 747. The number of rotatable bonds is 3. The van der Waals surface area contributed by atoms with Crippen LogP contribution in [0.3, 0.4) is 0 Å². The molecule has 7 heteroatoms. The van der Waals surface area contributed by atoms with Gasteiger partial charge in [0, 0.05) is 24.2 Å². The van der Waals surface area contributed by atoms with Gasteiger partial charge in [0.1, 0.15) is 17.2 Å². The number of non-ortho nitro benzene ring substituents is 1. The lowest BCUT2D eigenvalue weighted by molar-refractivity contribution is -0.384. The SMILES string of the molecule is C[C@@]1(c2cc(O)ccc2O)NC[C@@H](c2ccc([N+](=O)[O-])cc2)O1. The van der Waals surface area contributed by atoms with E-state index in [-0.39, 0.29) is 23.3 Å². The second kappa shape index (κ2) is 5.53. The van der Waals surface area contributed by atoms with Gasteiger partial charge in [-0.2, -0.15) is 0 Å². The van der Waals surface area contributed by atoms with Crippen LogP contribution in [0.25, 0.3) is 0 Å². The lowest BCUT2D eigenvalue weighted by atomic mass is 10.0. The van der Waals surface area contributed by atoms with Crippen molar-refractivity contribution >= 4 is 5.69 Å². The Morgan fingerprint density at radius 1 is 1.26 bits per heavy atom. The van der Waals surface area contributed by atoms with Crippen molar-refractivity contribution in [2.45, 2.75) is 18.8 Å². The maximum Gasteiger partial charge on any atom is 0.269 e. The van der Waals surface area contributed by atoms with Crippen LogP contribution in [-0.2, 0) is 10.5 Å². The number of nitro benzene ring substituents is 1. The van der Waals surface area contributed by atoms with Crippen molar-refractivity contribution < 1.29 is 19.9 Å². The van der Waals surface area contributed by atoms with Gasteiger partial charge in [0.2, 0.25) is 0 Å². The molecule has 120 valence electrons. The number of nitrogens with one attached hydrogen (secondary N) is 1. The van der Waals surface area contributed by atoms with E-state index >= 15 is 0 Å². The predicted octanol–water partition coefficient (Wildman–Crippen LogP) is 2.54. The Kier molecular flexibility index (Phi) is 3.67. The molecular weight excluding hydrogens is 300 g/mol. The standard InChI is InChI=1S/C16H16N2O5/c1-16(13-8-12(19)6-7-14(13)20)17-9-15(23-16)10-2-4-11(5-3-10)18(21)22/h2-8,15,17,19-20H,9H2,1H3/t15-,16+/m0/s1. The second-order valence-electron chi connectivity index (χ2n) is 5.57. The van der Waals surface area contributed by atoms with E-state index in [0.29, 0.717) is 12.1 Å². The van der Waals surface area contributed by atoms with E-state index < -0.39 is 10.6 Å². The number of nitro groups is 1. The van der Waals surface area contributed by atoms with Gasteiger partial charge in [-0.1, -0.05) is 0 Å². The summed E-state index contributed by atoms with van der Waals surface area (Å²) in [6.07, 6.45) is -0.317. The quantitative estimate of drug-likeness (QED) is 0.456. The number of phenolic OH excluding ortho intramolecular Hbond substituents is 2. The third kappa shape index (κ3) is 2.84. The molecule has 3 rings (SSSR count). The Morgan fingerprint density at radius 2 is 1.96 bits per heavy atom. The number of nitrogens with zero attached hydrogens (tertiary/aromatic N) is 1. The first-order chi connectivity index (χ1) is 10.9. The van der Waals surface area contributed by atoms with E-state index in [4.69, 9.17) is 4.74 Å². The van der Waals surface area contributed by atoms with Crippen LogP contribution in [0.15, 0.2) is 42.5 Å². The minimum Gasteiger partial charge on any atom is -0.508 e. The number of hydrogen-bond acceptors (Lipinski definition) is 6. The molecule has 3 N–H and O–H groups in total. The van der Waals surface area contributed by atoms with Gasteiger partial charge >= 0.3 is 0 Å². The molecule has 0 radical (unpaired) electrons. The molecule has 0 aliphatic carbocycles. The van der Waals surface area contributed by atoms with Crippen molar-refractivity contribution in [3.8, 4) is 11.5 Å². The van der Waals surface area contributed by atoms with Crippen LogP contribution < -0.4 is 5.32 Å². The Balaban J connectivity index is 1.84. The smallest absolute Gasteiger partial charge is 0.269 e. The van der Waals surface area contributed by atoms with Gasteiger partial charge in [-0.05, 0) is 42.8 Å². The molecule has 1 fully saturated rings. The first kappa shape index (κ1) is 15.3. The molecule has 23 heavy (non-hydrogen) atoms. The molecule has 0 bridgehead atoms. The topological polar surface area (TPSA) is 105 Å². The van der Waals surface area contributed by atoms with Crippen molar-refractivity contribution in [2.24, 2.45) is 0 Å². The molecule has 0 aromatic heterocycles. The zero-order valence-electron chi connectivity index (χ0n) is 12.4. The molecule has 1 heterocycles. The summed E-state index contributed by atoms with van der Waals surface area (Å²) in [5, 5.41) is 33.5. The predicted molar refractivity (Wildman–Crippen MR) is 82.0 cm³/mol. The molecule has 0 saturated carbocycles. The zero-order valence-corrected chi connectivity index (χ0v) is 12.4. The highest BCUT2D eigenvalue weighted by Crippen LogP contribution is 2.40. The molecule has 2 atom stereocenters. The summed E-state index contributed by atoms with van der Waals surface area (Å²) in [7, 11) is 0. The fraction of sp³-hybridized carbons (Fsp3) is 0.250. The summed E-state index contributed by atoms with van der Waals surface area (Å²) < 4.78 is 6.01. The molecule has 2 aromatic carbocycles. The maximum absolute atomic E-state index is 10.7. The average Bonchev–Trinajstić information content (AvgIpc) is 2.93. The van der Waals surface area contributed by atoms with Crippen molar-refractivity contribution in [3.05, 3.63) is 63.7 Å². The molecule has 1 aliphatic rings. The number of benzene rings is 2. The number of aromatic hydroxyl groups is 2. The molecule has 0 amide bonds. The molecule has 0 spiro atoms. The Labute approximate surface area is 132 Å². The monoisotopic (exact) mass is 316 g/mol. The van der Waals surface area contributed by atoms with Crippen molar-refractivity contribution in [1.82, 2.24) is 5.32 Å². The molecular formula is C16H16N2O5. The van der Waals surface area contributed by atoms with Gasteiger partial charge in [-0.3, -0.25) is 15.4 Å². The highest BCUT2D eigenvalue weighted by molar-refractivity contribution is 5.43. The van der Waals surface area contributed by atoms with Crippen LogP contribution in [0.5, 0.6) is 11.5 Å². The third-order valence-electron chi connectivity index (χ3n) is 3.97. The number of phenols is 2. The zero-order chi connectivity index (χ0) is 16.6. The Morgan fingerprint density at radius 3 is 2.61 bits per heavy atom. The Hall–Kier alpha value is -2.64. The van der Waals surface area contributed by atoms with Crippen molar-refractivity contribution in [2.75, 3.05) is 6.54 Å². The van der Waals surface area contributed by atoms with E-state index in [0.717, 1.165) is 5.56 Å². The average molecular weight is 316 g/mol. The van der Waals surface area contributed by atoms with Crippen LogP contribution in [0, 0.1) is 10.1 Å². The molecule has 1 saturated heterocycles. The van der Waals surface area contributed by atoms with Crippen molar-refractivity contribution in [3.63, 3.8) is 0 Å². The maximum atomic E-state index is 10.7. The summed E-state index contributed by atoms with van der Waals surface area (Å²) in [6.45, 7) is 2.23. The number of hydrogen-bond donors (Lipinski definition) is 3. The summed E-state index contributed by atoms with van der Waals surface area (Å²) in [6, 6.07) is 10.4. The third-order valence-corrected chi connectivity index (χ3v) is 3.97. The first-order valence-electron chi connectivity index (χ1n) is 7.09. The lowest BCUT2D eigenvalue weighted by Crippen LogP contribution is -2.34. The van der Waals surface area contributed by atoms with E-state index in [9.17, 15) is 20.3 Å². The fourth-order valence-corrected chi connectivity index (χ4v) is 2.72. The summed E-state index contributed by atoms with van der Waals surface area (Å²) in [5.41, 5.74) is 0.288. The molecule has 7 nitrogen and oxygen atoms in total. The minimum absolute atomic E-state index is 0.0159. The highest BCUT2D eigenvalue weighted by atomic mass is 16.6. The van der Waals surface area contributed by atoms with E-state index in [1.807, 2.05) is 0 Å². The van der Waals surface area contributed by atoms with Gasteiger partial charge in [0.05, 0.1) is 11.0 Å². The minimum atomic E-state index is -0.963. The summed E-state index contributed by atoms with van der Waals surface area (Å²) in [4.78, 5) is 10.2. The van der Waals surface area contributed by atoms with Gasteiger partial charge in [0.25, 0.3) is 5.69 Å². The van der Waals surface area contributed by atoms with Crippen LogP contribution in [-0.4, -0.2) is 21.7 Å². The summed E-state index contributed by atoms with van der Waals surface area (Å²) in [5.74, 6) is 0.0466. The van der Waals surface area contributed by atoms with Gasteiger partial charge in [-0.25, -0.2) is 0 Å². The van der Waals surface area contributed by atoms with Crippen LogP contribution in [0.2, 0.25) is 0 Å². The van der Waals surface area contributed by atoms with Gasteiger partial charge in [0.15, 0.2) is 0 Å². The molecule has 0 unspecified atom stereocenters. The van der Waals surface area contributed by atoms with Crippen molar-refractivity contribution in [1.29, 1.82) is 0 Å². The van der Waals surface area contributed by atoms with Crippen LogP contribution in [0.1, 0.15) is 24.2 Å². The van der Waals surface area contributed by atoms with Gasteiger partial charge in [-0.15, -0.1) is 0 Å². The van der Waals surface area contributed by atoms with Gasteiger partial charge < -0.3 is 14.9 Å². The number of ether oxygens (including phenoxy) is 1. The van der Waals surface area contributed by atoms with E-state index in [1.54, 1.807) is 19.1 Å². The normalized spacial score (nSPS) is 23.8. The molecule has 2 aromatic rings. The molecule has 1 aliphatic heterocycles. The first-order valence-corrected chi connectivity index (χ1v) is 7.09. The second-order valence-corrected chi connectivity index (χ2v) is 5.57. The van der Waals surface area contributed by atoms with Crippen LogP contribution >= 0.6 is 0 Å². The fourth-order valence-electron chi connectivity index (χ4n) is 2.72. The lowest BCUT2D eigenvalue weighted by Gasteiger charge is -2.26. The largest absolute Gasteiger partial charge is 0.508 e. The van der Waals surface area contributed by atoms with E-state index in [1.165, 1.54) is 30.3 Å². The van der Waals surface area contributed by atoms with Crippen LogP contribution in [0.4, 0.5) is 5.69 Å². The highest BCUT2D eigenvalue weighted by Gasteiger charge is 2.39. The summed E-state index contributed by atoms with van der Waals surface area (Å²) >= 11 is 0. The van der Waals surface area contributed by atoms with E-state index in [2.05, 4.69) is 5.32 Å².